The molecule has 0 amide bonds. The van der Waals surface area contributed by atoms with Crippen LogP contribution in [0.2, 0.25) is 0 Å². The van der Waals surface area contributed by atoms with E-state index >= 15 is 0 Å². The predicted molar refractivity (Wildman–Crippen MR) is 56.8 cm³/mol. The molecule has 0 saturated heterocycles. The fourth-order valence-electron chi connectivity index (χ4n) is 1.24. The van der Waals surface area contributed by atoms with Crippen molar-refractivity contribution < 1.29 is 14.7 Å². The van der Waals surface area contributed by atoms with Crippen LogP contribution in [0.15, 0.2) is 30.3 Å². The van der Waals surface area contributed by atoms with Crippen LogP contribution >= 0.6 is 0 Å². The van der Waals surface area contributed by atoms with Gasteiger partial charge in [0.05, 0.1) is 5.92 Å². The maximum atomic E-state index is 11.6. The molecule has 1 N–H and O–H groups in total. The number of rotatable bonds is 5. The number of aliphatic carboxylic acids is 1. The van der Waals surface area contributed by atoms with E-state index in [9.17, 15) is 9.59 Å². The molecule has 1 aromatic rings. The number of hydrogen-bond acceptors (Lipinski definition) is 2. The van der Waals surface area contributed by atoms with Crippen LogP contribution in [-0.2, 0) is 4.79 Å². The van der Waals surface area contributed by atoms with E-state index in [-0.39, 0.29) is 12.2 Å². The van der Waals surface area contributed by atoms with Gasteiger partial charge in [-0.15, -0.1) is 0 Å². The molecule has 0 aliphatic heterocycles. The number of ketones is 1. The topological polar surface area (TPSA) is 54.4 Å². The summed E-state index contributed by atoms with van der Waals surface area (Å²) in [5.74, 6) is -1.31. The molecule has 1 aromatic carbocycles. The van der Waals surface area contributed by atoms with Crippen LogP contribution < -0.4 is 0 Å². The lowest BCUT2D eigenvalue weighted by Crippen LogP contribution is -2.11. The van der Waals surface area contributed by atoms with Gasteiger partial charge in [-0.25, -0.2) is 0 Å². The van der Waals surface area contributed by atoms with Crippen molar-refractivity contribution in [2.24, 2.45) is 5.92 Å². The number of hydrogen-bond donors (Lipinski definition) is 1. The molecular weight excluding hydrogens is 192 g/mol. The molecule has 3 nitrogen and oxygen atoms in total. The first-order valence-corrected chi connectivity index (χ1v) is 4.92. The highest BCUT2D eigenvalue weighted by molar-refractivity contribution is 5.96. The van der Waals surface area contributed by atoms with E-state index in [2.05, 4.69) is 0 Å². The van der Waals surface area contributed by atoms with Gasteiger partial charge in [0, 0.05) is 12.0 Å². The van der Waals surface area contributed by atoms with E-state index in [0.717, 1.165) is 0 Å². The summed E-state index contributed by atoms with van der Waals surface area (Å²) in [6.45, 7) is 1.61. The smallest absolute Gasteiger partial charge is 0.306 e. The van der Waals surface area contributed by atoms with Gasteiger partial charge in [0.2, 0.25) is 0 Å². The van der Waals surface area contributed by atoms with Crippen LogP contribution in [0.3, 0.4) is 0 Å². The molecule has 80 valence electrons. The Morgan fingerprint density at radius 1 is 1.27 bits per heavy atom. The highest BCUT2D eigenvalue weighted by atomic mass is 16.4. The van der Waals surface area contributed by atoms with Gasteiger partial charge < -0.3 is 5.11 Å². The molecule has 0 fully saturated rings. The molecule has 0 saturated carbocycles. The highest BCUT2D eigenvalue weighted by Gasteiger charge is 2.13. The average Bonchev–Trinajstić information content (AvgIpc) is 2.26. The van der Waals surface area contributed by atoms with Gasteiger partial charge in [0.1, 0.15) is 0 Å². The Kier molecular flexibility index (Phi) is 4.03. The van der Waals surface area contributed by atoms with E-state index in [1.54, 1.807) is 31.2 Å². The SMILES string of the molecule is C[C@H](CCC(=O)c1ccccc1)C(=O)O. The maximum absolute atomic E-state index is 11.6. The molecule has 0 unspecified atom stereocenters. The number of carboxylic acid groups (broad SMARTS) is 1. The molecule has 0 aliphatic rings. The fourth-order valence-corrected chi connectivity index (χ4v) is 1.24. The largest absolute Gasteiger partial charge is 0.481 e. The van der Waals surface area contributed by atoms with Gasteiger partial charge in [0.25, 0.3) is 0 Å². The lowest BCUT2D eigenvalue weighted by atomic mass is 10.0. The third-order valence-corrected chi connectivity index (χ3v) is 2.32. The normalized spacial score (nSPS) is 12.1. The van der Waals surface area contributed by atoms with Gasteiger partial charge in [-0.1, -0.05) is 37.3 Å². The molecular formula is C12H14O3. The highest BCUT2D eigenvalue weighted by Crippen LogP contribution is 2.10. The van der Waals surface area contributed by atoms with Gasteiger partial charge in [0.15, 0.2) is 5.78 Å². The second-order valence-electron chi connectivity index (χ2n) is 3.57. The Hall–Kier alpha value is -1.64. The third-order valence-electron chi connectivity index (χ3n) is 2.32. The number of carbonyl (C=O) groups is 2. The summed E-state index contributed by atoms with van der Waals surface area (Å²) >= 11 is 0. The first-order valence-electron chi connectivity index (χ1n) is 4.92. The van der Waals surface area contributed by atoms with Crippen molar-refractivity contribution in [2.75, 3.05) is 0 Å². The molecule has 1 rings (SSSR count). The number of benzene rings is 1. The summed E-state index contributed by atoms with van der Waals surface area (Å²) in [5.41, 5.74) is 0.648. The molecule has 0 heterocycles. The van der Waals surface area contributed by atoms with Gasteiger partial charge in [-0.3, -0.25) is 9.59 Å². The monoisotopic (exact) mass is 206 g/mol. The summed E-state index contributed by atoms with van der Waals surface area (Å²) in [5, 5.41) is 8.65. The summed E-state index contributed by atoms with van der Waals surface area (Å²) in [6.07, 6.45) is 0.681. The molecule has 0 radical (unpaired) electrons. The fraction of sp³-hybridized carbons (Fsp3) is 0.333. The summed E-state index contributed by atoms with van der Waals surface area (Å²) < 4.78 is 0. The minimum absolute atomic E-state index is 0.00343. The Morgan fingerprint density at radius 2 is 1.87 bits per heavy atom. The minimum atomic E-state index is -0.851. The van der Waals surface area contributed by atoms with E-state index in [4.69, 9.17) is 5.11 Å². The van der Waals surface area contributed by atoms with Crippen LogP contribution in [0.5, 0.6) is 0 Å². The Labute approximate surface area is 88.7 Å². The zero-order valence-electron chi connectivity index (χ0n) is 8.64. The molecule has 0 spiro atoms. The summed E-state index contributed by atoms with van der Waals surface area (Å²) in [7, 11) is 0. The van der Waals surface area contributed by atoms with E-state index < -0.39 is 11.9 Å². The zero-order chi connectivity index (χ0) is 11.3. The zero-order valence-corrected chi connectivity index (χ0v) is 8.64. The van der Waals surface area contributed by atoms with E-state index in [1.807, 2.05) is 6.07 Å². The van der Waals surface area contributed by atoms with Crippen LogP contribution in [0.1, 0.15) is 30.1 Å². The van der Waals surface area contributed by atoms with Crippen molar-refractivity contribution in [2.45, 2.75) is 19.8 Å². The first-order chi connectivity index (χ1) is 7.11. The maximum Gasteiger partial charge on any atom is 0.306 e. The van der Waals surface area contributed by atoms with Crippen LogP contribution in [0.25, 0.3) is 0 Å². The van der Waals surface area contributed by atoms with Crippen LogP contribution in [0, 0.1) is 5.92 Å². The lowest BCUT2D eigenvalue weighted by Gasteiger charge is -2.04. The quantitative estimate of drug-likeness (QED) is 0.752. The van der Waals surface area contributed by atoms with Crippen molar-refractivity contribution >= 4 is 11.8 Å². The van der Waals surface area contributed by atoms with Crippen molar-refractivity contribution in [3.8, 4) is 0 Å². The summed E-state index contributed by atoms with van der Waals surface area (Å²) in [6, 6.07) is 8.93. The molecule has 1 atom stereocenters. The van der Waals surface area contributed by atoms with E-state index in [1.165, 1.54) is 0 Å². The Bertz CT molecular complexity index is 343. The third kappa shape index (κ3) is 3.54. The minimum Gasteiger partial charge on any atom is -0.481 e. The summed E-state index contributed by atoms with van der Waals surface area (Å²) in [4.78, 5) is 22.1. The number of Topliss-reactive ketones (excluding diaryl/α,β-unsaturated/α-hetero) is 1. The second-order valence-corrected chi connectivity index (χ2v) is 3.57. The molecule has 0 bridgehead atoms. The Balaban J connectivity index is 2.47. The molecule has 3 heteroatoms. The molecule has 15 heavy (non-hydrogen) atoms. The number of carbonyl (C=O) groups excluding carboxylic acids is 1. The standard InChI is InChI=1S/C12H14O3/c1-9(12(14)15)7-8-11(13)10-5-3-2-4-6-10/h2-6,9H,7-8H2,1H3,(H,14,15)/t9-/m1/s1. The Morgan fingerprint density at radius 3 is 2.40 bits per heavy atom. The number of carboxylic acids is 1. The van der Waals surface area contributed by atoms with E-state index in [0.29, 0.717) is 12.0 Å². The molecule has 0 aromatic heterocycles. The van der Waals surface area contributed by atoms with Crippen molar-refractivity contribution in [3.05, 3.63) is 35.9 Å². The first kappa shape index (κ1) is 11.4. The van der Waals surface area contributed by atoms with Gasteiger partial charge in [-0.05, 0) is 6.42 Å². The van der Waals surface area contributed by atoms with Crippen LogP contribution in [0.4, 0.5) is 0 Å². The predicted octanol–water partition coefficient (Wildman–Crippen LogP) is 2.37. The van der Waals surface area contributed by atoms with Crippen molar-refractivity contribution in [1.82, 2.24) is 0 Å². The van der Waals surface area contributed by atoms with Crippen molar-refractivity contribution in [3.63, 3.8) is 0 Å². The van der Waals surface area contributed by atoms with Crippen LogP contribution in [-0.4, -0.2) is 16.9 Å². The van der Waals surface area contributed by atoms with Gasteiger partial charge in [-0.2, -0.15) is 0 Å². The second kappa shape index (κ2) is 5.29. The van der Waals surface area contributed by atoms with Crippen molar-refractivity contribution in [1.29, 1.82) is 0 Å². The van der Waals surface area contributed by atoms with Gasteiger partial charge >= 0.3 is 5.97 Å². The average molecular weight is 206 g/mol. The molecule has 0 aliphatic carbocycles. The lowest BCUT2D eigenvalue weighted by molar-refractivity contribution is -0.141.